The van der Waals surface area contributed by atoms with Crippen molar-refractivity contribution in [1.82, 2.24) is 24.5 Å². The molecule has 1 amide bonds. The second-order valence-corrected chi connectivity index (χ2v) is 10.3. The molecule has 0 aliphatic carbocycles. The van der Waals surface area contributed by atoms with E-state index in [-0.39, 0.29) is 52.1 Å². The van der Waals surface area contributed by atoms with Crippen molar-refractivity contribution in [3.05, 3.63) is 41.5 Å². The first-order valence-electron chi connectivity index (χ1n) is 12.5. The number of piperidine rings is 1. The molecule has 0 saturated carbocycles. The average molecular weight is 586 g/mol. The van der Waals surface area contributed by atoms with Gasteiger partial charge in [0.25, 0.3) is 5.60 Å². The number of aromatic nitrogens is 4. The van der Waals surface area contributed by atoms with Crippen LogP contribution in [0.15, 0.2) is 24.5 Å². The molecule has 4 N–H and O–H groups in total. The molecule has 0 aromatic carbocycles. The number of pyridine rings is 1. The van der Waals surface area contributed by atoms with Crippen molar-refractivity contribution in [1.29, 1.82) is 0 Å². The van der Waals surface area contributed by atoms with Gasteiger partial charge in [-0.1, -0.05) is 6.07 Å². The summed E-state index contributed by atoms with van der Waals surface area (Å²) in [5.74, 6) is -1.14. The minimum Gasteiger partial charge on any atom is -0.387 e. The molecule has 3 atom stereocenters. The first kappa shape index (κ1) is 28.7. The summed E-state index contributed by atoms with van der Waals surface area (Å²) in [6.07, 6.45) is -7.92. The summed E-state index contributed by atoms with van der Waals surface area (Å²) in [6, 6.07) is 0.969. The van der Waals surface area contributed by atoms with Gasteiger partial charge in [0.05, 0.1) is 23.1 Å². The number of nitrogen functional groups attached to an aromatic ring is 1. The normalized spacial score (nSPS) is 21.5. The Morgan fingerprint density at radius 3 is 2.15 bits per heavy atom. The Balaban J connectivity index is 1.58. The van der Waals surface area contributed by atoms with E-state index in [2.05, 4.69) is 15.1 Å². The lowest BCUT2D eigenvalue weighted by molar-refractivity contribution is -0.377. The highest BCUT2D eigenvalue weighted by Gasteiger charge is 2.72. The van der Waals surface area contributed by atoms with E-state index < -0.39 is 36.0 Å². The number of nitrogens with two attached hydrogens (primary N) is 1. The molecule has 41 heavy (non-hydrogen) atoms. The molecule has 16 heteroatoms. The van der Waals surface area contributed by atoms with Gasteiger partial charge < -0.3 is 20.8 Å². The molecule has 220 valence electrons. The van der Waals surface area contributed by atoms with E-state index in [4.69, 9.17) is 5.73 Å². The van der Waals surface area contributed by atoms with Gasteiger partial charge in [-0.15, -0.1) is 0 Å². The molecule has 2 fully saturated rings. The summed E-state index contributed by atoms with van der Waals surface area (Å²) in [4.78, 5) is 34.5. The van der Waals surface area contributed by atoms with Crippen LogP contribution in [0.5, 0.6) is 0 Å². The smallest absolute Gasteiger partial charge is 0.387 e. The van der Waals surface area contributed by atoms with Crippen molar-refractivity contribution >= 4 is 23.2 Å². The first-order valence-corrected chi connectivity index (χ1v) is 12.5. The highest BCUT2D eigenvalue weighted by Crippen LogP contribution is 2.50. The van der Waals surface area contributed by atoms with E-state index in [9.17, 15) is 46.1 Å². The topological polar surface area (TPSA) is 147 Å². The molecule has 5 heterocycles. The second kappa shape index (κ2) is 9.65. The number of hydrogen-bond donors (Lipinski definition) is 3. The maximum absolute atomic E-state index is 13.3. The number of carbonyl (C=O) groups is 2. The number of carbonyl (C=O) groups excluding carboxylic acids is 2. The summed E-state index contributed by atoms with van der Waals surface area (Å²) in [6.45, 7) is 0.681. The standard InChI is InChI=1S/C25H24F6N6O4/c1-11(39)19-20(13-6-14-3-4-15(7-13)36(14)18(40)10-38)35-22-16(9-34-37(22)21(19)32)12-2-5-17(33-8-12)23(41,24(26,27)28)25(29,30)31/h2,5,8-9,13-15,38,41H,3-4,6-7,10,32H2,1H3/t13?,14-,15+. The number of amides is 1. The number of nitrogens with zero attached hydrogens (tertiary/aromatic N) is 5. The maximum Gasteiger partial charge on any atom is 0.432 e. The van der Waals surface area contributed by atoms with Crippen molar-refractivity contribution in [3.8, 4) is 11.1 Å². The number of aliphatic hydroxyl groups is 2. The van der Waals surface area contributed by atoms with E-state index in [0.717, 1.165) is 16.8 Å². The molecule has 2 aliphatic heterocycles. The molecule has 0 spiro atoms. The Bertz CT molecular complexity index is 1490. The minimum absolute atomic E-state index is 0.0345. The molecule has 2 aliphatic rings. The lowest BCUT2D eigenvalue weighted by Gasteiger charge is -2.39. The van der Waals surface area contributed by atoms with Crippen LogP contribution in [0.2, 0.25) is 0 Å². The van der Waals surface area contributed by atoms with Gasteiger partial charge in [-0.25, -0.2) is 4.98 Å². The van der Waals surface area contributed by atoms with Gasteiger partial charge in [-0.05, 0) is 38.7 Å². The van der Waals surface area contributed by atoms with Crippen LogP contribution in [-0.4, -0.2) is 77.4 Å². The van der Waals surface area contributed by atoms with Crippen LogP contribution < -0.4 is 5.73 Å². The van der Waals surface area contributed by atoms with Crippen LogP contribution in [-0.2, 0) is 10.4 Å². The van der Waals surface area contributed by atoms with Crippen LogP contribution in [0.25, 0.3) is 16.8 Å². The van der Waals surface area contributed by atoms with E-state index >= 15 is 0 Å². The summed E-state index contributed by atoms with van der Waals surface area (Å²) < 4.78 is 80.8. The molecule has 10 nitrogen and oxygen atoms in total. The highest BCUT2D eigenvalue weighted by molar-refractivity contribution is 6.00. The molecular formula is C25H24F6N6O4. The molecule has 2 bridgehead atoms. The van der Waals surface area contributed by atoms with E-state index in [1.54, 1.807) is 4.90 Å². The van der Waals surface area contributed by atoms with Gasteiger partial charge in [0, 0.05) is 35.3 Å². The Hall–Kier alpha value is -3.79. The number of rotatable bonds is 5. The predicted octanol–water partition coefficient (Wildman–Crippen LogP) is 3.12. The molecule has 3 aromatic heterocycles. The van der Waals surface area contributed by atoms with Crippen molar-refractivity contribution in [2.75, 3.05) is 12.3 Å². The monoisotopic (exact) mass is 586 g/mol. The number of halogens is 6. The minimum atomic E-state index is -6.09. The molecule has 5 rings (SSSR count). The molecule has 1 unspecified atom stereocenters. The van der Waals surface area contributed by atoms with Crippen LogP contribution in [0.3, 0.4) is 0 Å². The van der Waals surface area contributed by atoms with Gasteiger partial charge in [0.1, 0.15) is 12.4 Å². The lowest BCUT2D eigenvalue weighted by Crippen LogP contribution is -2.54. The van der Waals surface area contributed by atoms with E-state index in [1.807, 2.05) is 0 Å². The number of fused-ring (bicyclic) bond motifs is 3. The van der Waals surface area contributed by atoms with Gasteiger partial charge >= 0.3 is 12.4 Å². The fourth-order valence-corrected chi connectivity index (χ4v) is 6.00. The Labute approximate surface area is 227 Å². The van der Waals surface area contributed by atoms with E-state index in [1.165, 1.54) is 13.1 Å². The van der Waals surface area contributed by atoms with Crippen LogP contribution >= 0.6 is 0 Å². The van der Waals surface area contributed by atoms with E-state index in [0.29, 0.717) is 37.4 Å². The quantitative estimate of drug-likeness (QED) is 0.305. The third kappa shape index (κ3) is 4.39. The zero-order valence-corrected chi connectivity index (χ0v) is 21.4. The largest absolute Gasteiger partial charge is 0.432 e. The van der Waals surface area contributed by atoms with Gasteiger partial charge in [-0.2, -0.15) is 36.0 Å². The van der Waals surface area contributed by atoms with Crippen LogP contribution in [0, 0.1) is 0 Å². The summed E-state index contributed by atoms with van der Waals surface area (Å²) in [7, 11) is 0. The van der Waals surface area contributed by atoms with Crippen molar-refractivity contribution in [3.63, 3.8) is 0 Å². The molecule has 3 aromatic rings. The van der Waals surface area contributed by atoms with Crippen LogP contribution in [0.1, 0.15) is 60.3 Å². The number of ketones is 1. The van der Waals surface area contributed by atoms with Crippen molar-refractivity contribution < 1.29 is 46.1 Å². The van der Waals surface area contributed by atoms with Gasteiger partial charge in [0.2, 0.25) is 5.91 Å². The first-order chi connectivity index (χ1) is 19.1. The maximum atomic E-state index is 13.3. The number of anilines is 1. The fourth-order valence-electron chi connectivity index (χ4n) is 6.00. The van der Waals surface area contributed by atoms with Crippen LogP contribution in [0.4, 0.5) is 32.2 Å². The SMILES string of the molecule is CC(=O)c1c(C2C[C@H]3CC[C@@H](C2)N3C(=O)CO)nc2c(-c3ccc(C(O)(C(F)(F)F)C(F)(F)F)nc3)cnn2c1N. The summed E-state index contributed by atoms with van der Waals surface area (Å²) >= 11 is 0. The summed E-state index contributed by atoms with van der Waals surface area (Å²) in [5.41, 5.74) is 0.208. The number of alkyl halides is 6. The predicted molar refractivity (Wildman–Crippen MR) is 129 cm³/mol. The summed E-state index contributed by atoms with van der Waals surface area (Å²) in [5, 5.41) is 23.1. The second-order valence-electron chi connectivity index (χ2n) is 10.3. The highest BCUT2D eigenvalue weighted by atomic mass is 19.4. The molecule has 0 radical (unpaired) electrons. The zero-order valence-electron chi connectivity index (χ0n) is 21.4. The van der Waals surface area contributed by atoms with Gasteiger partial charge in [0.15, 0.2) is 11.4 Å². The van der Waals surface area contributed by atoms with Gasteiger partial charge in [-0.3, -0.25) is 14.6 Å². The third-order valence-corrected chi connectivity index (χ3v) is 7.87. The fraction of sp³-hybridized carbons (Fsp3) is 0.480. The zero-order chi connectivity index (χ0) is 30.1. The Morgan fingerprint density at radius 2 is 1.66 bits per heavy atom. The number of aliphatic hydroxyl groups excluding tert-OH is 1. The Morgan fingerprint density at radius 1 is 1.05 bits per heavy atom. The lowest BCUT2D eigenvalue weighted by atomic mass is 9.85. The van der Waals surface area contributed by atoms with Crippen molar-refractivity contribution in [2.24, 2.45) is 0 Å². The number of Topliss-reactive ketones (excluding diaryl/α,β-unsaturated/α-hetero) is 1. The molecule has 2 saturated heterocycles. The average Bonchev–Trinajstić information content (AvgIpc) is 3.44. The number of hydrogen-bond acceptors (Lipinski definition) is 8. The third-order valence-electron chi connectivity index (χ3n) is 7.87. The van der Waals surface area contributed by atoms with Crippen molar-refractivity contribution in [2.45, 2.75) is 68.6 Å². The molecular weight excluding hydrogens is 562 g/mol. The Kier molecular flexibility index (Phi) is 6.76.